The van der Waals surface area contributed by atoms with Crippen molar-refractivity contribution in [2.45, 2.75) is 13.5 Å². The maximum Gasteiger partial charge on any atom is 0.352 e. The molecule has 0 aliphatic carbocycles. The van der Waals surface area contributed by atoms with E-state index in [4.69, 9.17) is 16.3 Å². The molecule has 8 nitrogen and oxygen atoms in total. The first-order valence-electron chi connectivity index (χ1n) is 7.20. The fourth-order valence-corrected chi connectivity index (χ4v) is 2.91. The van der Waals surface area contributed by atoms with Crippen LogP contribution in [-0.2, 0) is 11.3 Å². The Balaban J connectivity index is 1.92. The predicted molar refractivity (Wildman–Crippen MR) is 91.2 cm³/mol. The number of hydrogen-bond donors (Lipinski definition) is 0. The minimum atomic E-state index is -0.612. The van der Waals surface area contributed by atoms with Crippen LogP contribution in [0.4, 0.5) is 0 Å². The summed E-state index contributed by atoms with van der Waals surface area (Å²) < 4.78 is 9.75. The molecule has 0 amide bonds. The van der Waals surface area contributed by atoms with Crippen molar-refractivity contribution in [2.75, 3.05) is 6.61 Å². The first kappa shape index (κ1) is 17.2. The Morgan fingerprint density at radius 1 is 1.24 bits per heavy atom. The van der Waals surface area contributed by atoms with E-state index in [1.807, 2.05) is 0 Å². The molecule has 0 fully saturated rings. The van der Waals surface area contributed by atoms with Gasteiger partial charge in [0.25, 0.3) is 5.56 Å². The average Bonchev–Trinajstić information content (AvgIpc) is 3.03. The first-order valence-corrected chi connectivity index (χ1v) is 8.35. The van der Waals surface area contributed by atoms with E-state index in [2.05, 4.69) is 14.7 Å². The molecule has 0 bridgehead atoms. The maximum absolute atomic E-state index is 12.4. The largest absolute Gasteiger partial charge is 0.462 e. The van der Waals surface area contributed by atoms with Crippen LogP contribution in [0.5, 0.6) is 0 Å². The lowest BCUT2D eigenvalue weighted by Crippen LogP contribution is -2.28. The molecule has 10 heteroatoms. The molecule has 0 radical (unpaired) electrons. The molecule has 0 N–H and O–H groups in total. The zero-order chi connectivity index (χ0) is 18.0. The van der Waals surface area contributed by atoms with Crippen LogP contribution < -0.4 is 5.56 Å². The molecule has 128 valence electrons. The van der Waals surface area contributed by atoms with Crippen molar-refractivity contribution < 1.29 is 14.3 Å². The first-order chi connectivity index (χ1) is 12.0. The normalized spacial score (nSPS) is 10.8. The summed E-state index contributed by atoms with van der Waals surface area (Å²) in [5.41, 5.74) is -0.154. The lowest BCUT2D eigenvalue weighted by atomic mass is 10.1. The highest BCUT2D eigenvalue weighted by atomic mass is 35.5. The third kappa shape index (κ3) is 3.42. The number of ketones is 1. The van der Waals surface area contributed by atoms with Crippen LogP contribution in [0.3, 0.4) is 0 Å². The molecule has 0 atom stereocenters. The molecule has 0 aliphatic rings. The van der Waals surface area contributed by atoms with Gasteiger partial charge in [0.2, 0.25) is 0 Å². The maximum atomic E-state index is 12.4. The Hall–Kier alpha value is -2.65. The number of halogens is 1. The van der Waals surface area contributed by atoms with E-state index in [1.54, 1.807) is 31.2 Å². The predicted octanol–water partition coefficient (Wildman–Crippen LogP) is 1.96. The molecule has 1 aromatic carbocycles. The van der Waals surface area contributed by atoms with Crippen molar-refractivity contribution in [3.05, 3.63) is 50.1 Å². The monoisotopic (exact) mass is 378 g/mol. The highest BCUT2D eigenvalue weighted by Gasteiger charge is 2.21. The van der Waals surface area contributed by atoms with E-state index >= 15 is 0 Å². The van der Waals surface area contributed by atoms with Gasteiger partial charge in [-0.2, -0.15) is 4.37 Å². The molecule has 3 aromatic rings. The molecule has 0 spiro atoms. The zero-order valence-corrected chi connectivity index (χ0v) is 14.5. The molecule has 3 rings (SSSR count). The van der Waals surface area contributed by atoms with Gasteiger partial charge in [-0.25, -0.2) is 9.48 Å². The topological polar surface area (TPSA) is 104 Å². The van der Waals surface area contributed by atoms with Gasteiger partial charge in [0.1, 0.15) is 12.1 Å². The second kappa shape index (κ2) is 7.08. The Morgan fingerprint density at radius 3 is 2.64 bits per heavy atom. The van der Waals surface area contributed by atoms with Gasteiger partial charge in [0.15, 0.2) is 16.2 Å². The summed E-state index contributed by atoms with van der Waals surface area (Å²) in [5.74, 6) is -0.938. The summed E-state index contributed by atoms with van der Waals surface area (Å²) in [6.45, 7) is 1.57. The number of hydrogen-bond acceptors (Lipinski definition) is 8. The van der Waals surface area contributed by atoms with Crippen LogP contribution in [0, 0.1) is 0 Å². The number of esters is 1. The minimum absolute atomic E-state index is 0.0213. The van der Waals surface area contributed by atoms with Crippen molar-refractivity contribution in [1.82, 2.24) is 19.4 Å². The van der Waals surface area contributed by atoms with E-state index in [1.165, 1.54) is 0 Å². The Labute approximate surface area is 150 Å². The highest BCUT2D eigenvalue weighted by Crippen LogP contribution is 2.18. The molecule has 0 unspecified atom stereocenters. The SMILES string of the molecule is CCOC(=O)c1snc2c(=O)n(CC(=O)c3ccc(Cl)cc3)nnc12. The van der Waals surface area contributed by atoms with Crippen molar-refractivity contribution in [3.8, 4) is 0 Å². The van der Waals surface area contributed by atoms with E-state index in [0.717, 1.165) is 16.2 Å². The number of rotatable bonds is 5. The fourth-order valence-electron chi connectivity index (χ4n) is 2.08. The molecule has 0 aliphatic heterocycles. The number of carbonyl (C=O) groups is 2. The number of fused-ring (bicyclic) bond motifs is 1. The number of carbonyl (C=O) groups excluding carboxylic acids is 2. The number of benzene rings is 1. The van der Waals surface area contributed by atoms with Gasteiger partial charge in [0.05, 0.1) is 6.61 Å². The number of Topliss-reactive ketones (excluding diaryl/α,β-unsaturated/α-hetero) is 1. The third-order valence-electron chi connectivity index (χ3n) is 3.28. The van der Waals surface area contributed by atoms with E-state index < -0.39 is 11.5 Å². The minimum Gasteiger partial charge on any atom is -0.462 e. The van der Waals surface area contributed by atoms with E-state index in [-0.39, 0.29) is 34.8 Å². The average molecular weight is 379 g/mol. The van der Waals surface area contributed by atoms with Crippen LogP contribution in [0.1, 0.15) is 27.0 Å². The summed E-state index contributed by atoms with van der Waals surface area (Å²) in [4.78, 5) is 36.6. The number of ether oxygens (including phenoxy) is 1. The quantitative estimate of drug-likeness (QED) is 0.493. The van der Waals surface area contributed by atoms with Crippen molar-refractivity contribution in [3.63, 3.8) is 0 Å². The van der Waals surface area contributed by atoms with Crippen LogP contribution in [-0.4, -0.2) is 37.7 Å². The van der Waals surface area contributed by atoms with E-state index in [9.17, 15) is 14.4 Å². The molecule has 2 heterocycles. The molecule has 0 saturated heterocycles. The van der Waals surface area contributed by atoms with Crippen molar-refractivity contribution in [1.29, 1.82) is 0 Å². The standard InChI is InChI=1S/C15H11ClN4O4S/c1-2-24-15(23)13-11-12(18-25-13)14(22)20(19-17-11)7-10(21)8-3-5-9(16)6-4-8/h3-6H,2,7H2,1H3. The summed E-state index contributed by atoms with van der Waals surface area (Å²) in [6.07, 6.45) is 0. The smallest absolute Gasteiger partial charge is 0.352 e. The Kier molecular flexibility index (Phi) is 4.86. The second-order valence-corrected chi connectivity index (χ2v) is 6.12. The van der Waals surface area contributed by atoms with Crippen molar-refractivity contribution in [2.24, 2.45) is 0 Å². The van der Waals surface area contributed by atoms with Crippen LogP contribution in [0.15, 0.2) is 29.1 Å². The van der Waals surface area contributed by atoms with Gasteiger partial charge >= 0.3 is 5.97 Å². The van der Waals surface area contributed by atoms with E-state index in [0.29, 0.717) is 10.6 Å². The fraction of sp³-hybridized carbons (Fsp3) is 0.200. The van der Waals surface area contributed by atoms with Gasteiger partial charge in [-0.05, 0) is 42.7 Å². The molecule has 0 saturated carbocycles. The summed E-state index contributed by atoms with van der Waals surface area (Å²) in [5, 5.41) is 8.09. The molecular weight excluding hydrogens is 368 g/mol. The van der Waals surface area contributed by atoms with Crippen molar-refractivity contribution >= 4 is 45.9 Å². The second-order valence-electron chi connectivity index (χ2n) is 4.91. The van der Waals surface area contributed by atoms with Crippen LogP contribution in [0.2, 0.25) is 5.02 Å². The van der Waals surface area contributed by atoms with Gasteiger partial charge in [-0.3, -0.25) is 9.59 Å². The van der Waals surface area contributed by atoms with Gasteiger partial charge in [-0.1, -0.05) is 16.8 Å². The lowest BCUT2D eigenvalue weighted by molar-refractivity contribution is 0.0533. The lowest BCUT2D eigenvalue weighted by Gasteiger charge is -2.03. The Morgan fingerprint density at radius 2 is 1.96 bits per heavy atom. The number of aromatic nitrogens is 4. The van der Waals surface area contributed by atoms with Gasteiger partial charge in [-0.15, -0.1) is 5.10 Å². The van der Waals surface area contributed by atoms with Crippen LogP contribution in [0.25, 0.3) is 11.0 Å². The zero-order valence-electron chi connectivity index (χ0n) is 12.9. The van der Waals surface area contributed by atoms with Crippen LogP contribution >= 0.6 is 23.1 Å². The third-order valence-corrected chi connectivity index (χ3v) is 4.35. The van der Waals surface area contributed by atoms with Gasteiger partial charge < -0.3 is 4.74 Å². The highest BCUT2D eigenvalue weighted by molar-refractivity contribution is 7.09. The molecular formula is C15H11ClN4O4S. The number of nitrogens with zero attached hydrogens (tertiary/aromatic N) is 4. The Bertz CT molecular complexity index is 1010. The van der Waals surface area contributed by atoms with Gasteiger partial charge in [0, 0.05) is 10.6 Å². The molecule has 25 heavy (non-hydrogen) atoms. The summed E-state index contributed by atoms with van der Waals surface area (Å²) >= 11 is 6.59. The summed E-state index contributed by atoms with van der Waals surface area (Å²) in [7, 11) is 0. The summed E-state index contributed by atoms with van der Waals surface area (Å²) in [6, 6.07) is 6.28. The molecule has 2 aromatic heterocycles.